The second-order valence-electron chi connectivity index (χ2n) is 8.37. The molecule has 1 fully saturated rings. The van der Waals surface area contributed by atoms with E-state index >= 15 is 0 Å². The largest absolute Gasteiger partial charge is 0.508 e. The van der Waals surface area contributed by atoms with Crippen molar-refractivity contribution in [2.45, 2.75) is 18.4 Å². The number of nitrogens with one attached hydrogen (secondary N) is 1. The van der Waals surface area contributed by atoms with Crippen LogP contribution in [0.15, 0.2) is 54.7 Å². The first kappa shape index (κ1) is 18.1. The van der Waals surface area contributed by atoms with Crippen LogP contribution in [0.5, 0.6) is 11.5 Å². The fraction of sp³-hybridized carbons (Fsp3) is 0.250. The van der Waals surface area contributed by atoms with Gasteiger partial charge in [-0.3, -0.25) is 9.48 Å². The molecule has 7 nitrogen and oxygen atoms in total. The first-order valence-corrected chi connectivity index (χ1v) is 10.5. The quantitative estimate of drug-likeness (QED) is 0.483. The Labute approximate surface area is 181 Å². The number of aromatic hydroxyl groups is 1. The third-order valence-corrected chi connectivity index (χ3v) is 6.57. The molecule has 2 N–H and O–H groups in total. The van der Waals surface area contributed by atoms with Crippen molar-refractivity contribution in [2.24, 2.45) is 7.05 Å². The molecule has 2 aromatic heterocycles. The number of hydrogen-bond acceptors (Lipinski definition) is 4. The van der Waals surface area contributed by atoms with Gasteiger partial charge in [0.25, 0.3) is 5.91 Å². The number of likely N-dealkylation sites (tertiary alicyclic amines) is 1. The number of benzene rings is 2. The number of phenolic OH excluding ortho intramolecular Hbond substituents is 1. The maximum atomic E-state index is 13.1. The van der Waals surface area contributed by atoms with Crippen LogP contribution in [-0.4, -0.2) is 43.8 Å². The standard InChI is InChI=1S/C24H22N4O3.2H2/c1-27-22-17-4-2-3-5-21(17)31-24(18(22)14-25-27)8-10-28(11-9-24)23(30)20-13-15-12-16(29)6-7-19(15)26-20;;/h2-7,12-14,26,29H,8-11H2,1H3;2*1H. The highest BCUT2D eigenvalue weighted by Crippen LogP contribution is 2.49. The molecule has 1 saturated heterocycles. The first-order chi connectivity index (χ1) is 15.0. The minimum Gasteiger partial charge on any atom is -0.508 e. The molecule has 2 aromatic carbocycles. The molecule has 0 saturated carbocycles. The number of para-hydroxylation sites is 1. The molecule has 6 rings (SSSR count). The van der Waals surface area contributed by atoms with Gasteiger partial charge in [-0.25, -0.2) is 0 Å². The van der Waals surface area contributed by atoms with Crippen molar-refractivity contribution in [3.05, 3.63) is 66.0 Å². The van der Waals surface area contributed by atoms with E-state index in [1.165, 1.54) is 0 Å². The summed E-state index contributed by atoms with van der Waals surface area (Å²) in [6, 6.07) is 14.9. The summed E-state index contributed by atoms with van der Waals surface area (Å²) in [5, 5.41) is 15.0. The van der Waals surface area contributed by atoms with Crippen LogP contribution in [0, 0.1) is 0 Å². The number of carbonyl (C=O) groups is 1. The Balaban J connectivity index is 0.00000130. The zero-order valence-corrected chi connectivity index (χ0v) is 17.1. The molecular weight excluding hydrogens is 392 g/mol. The van der Waals surface area contributed by atoms with Crippen LogP contribution in [0.2, 0.25) is 0 Å². The van der Waals surface area contributed by atoms with E-state index in [9.17, 15) is 9.90 Å². The lowest BCUT2D eigenvalue weighted by atomic mass is 9.81. The Hall–Kier alpha value is -3.74. The second-order valence-corrected chi connectivity index (χ2v) is 8.37. The normalized spacial score (nSPS) is 16.7. The van der Waals surface area contributed by atoms with Crippen molar-refractivity contribution < 1.29 is 17.5 Å². The minimum atomic E-state index is -0.471. The minimum absolute atomic E-state index is 0. The van der Waals surface area contributed by atoms with Gasteiger partial charge in [0.2, 0.25) is 0 Å². The van der Waals surface area contributed by atoms with Gasteiger partial charge in [0.05, 0.1) is 11.9 Å². The number of carbonyl (C=O) groups excluding carboxylic acids is 1. The van der Waals surface area contributed by atoms with E-state index in [2.05, 4.69) is 16.1 Å². The number of piperidine rings is 1. The summed E-state index contributed by atoms with van der Waals surface area (Å²) in [5.41, 5.74) is 4.15. The maximum Gasteiger partial charge on any atom is 0.270 e. The molecule has 1 amide bonds. The molecular formula is C24H26N4O3. The van der Waals surface area contributed by atoms with Gasteiger partial charge >= 0.3 is 0 Å². The monoisotopic (exact) mass is 418 g/mol. The number of H-pyrrole nitrogens is 1. The predicted octanol–water partition coefficient (Wildman–Crippen LogP) is 4.29. The number of phenols is 1. The summed E-state index contributed by atoms with van der Waals surface area (Å²) >= 11 is 0. The molecule has 1 spiro atoms. The fourth-order valence-electron chi connectivity index (χ4n) is 4.96. The van der Waals surface area contributed by atoms with Crippen molar-refractivity contribution >= 4 is 16.8 Å². The molecule has 0 atom stereocenters. The number of ether oxygens (including phenoxy) is 1. The van der Waals surface area contributed by atoms with Crippen LogP contribution in [0.4, 0.5) is 0 Å². The summed E-state index contributed by atoms with van der Waals surface area (Å²) in [4.78, 5) is 18.2. The lowest BCUT2D eigenvalue weighted by molar-refractivity contribution is -0.00187. The van der Waals surface area contributed by atoms with Gasteiger partial charge in [0, 0.05) is 57.9 Å². The number of nitrogens with zero attached hydrogens (tertiary/aromatic N) is 3. The Bertz CT molecular complexity index is 1340. The number of aryl methyl sites for hydroxylation is 1. The highest BCUT2D eigenvalue weighted by molar-refractivity contribution is 5.98. The molecule has 0 aliphatic carbocycles. The summed E-state index contributed by atoms with van der Waals surface area (Å²) in [6.07, 6.45) is 3.31. The Kier molecular flexibility index (Phi) is 3.72. The lowest BCUT2D eigenvalue weighted by Crippen LogP contribution is -2.49. The highest BCUT2D eigenvalue weighted by atomic mass is 16.5. The van der Waals surface area contributed by atoms with E-state index in [1.54, 1.807) is 24.3 Å². The number of aromatic amines is 1. The van der Waals surface area contributed by atoms with E-state index in [1.807, 2.05) is 41.0 Å². The van der Waals surface area contributed by atoms with Gasteiger partial charge in [-0.2, -0.15) is 5.10 Å². The zero-order chi connectivity index (χ0) is 21.2. The number of rotatable bonds is 1. The van der Waals surface area contributed by atoms with Crippen molar-refractivity contribution in [3.63, 3.8) is 0 Å². The Morgan fingerprint density at radius 3 is 2.84 bits per heavy atom. The summed E-state index contributed by atoms with van der Waals surface area (Å²) in [5.74, 6) is 1.02. The fourth-order valence-corrected chi connectivity index (χ4v) is 4.96. The molecule has 2 aliphatic heterocycles. The third kappa shape index (κ3) is 2.66. The van der Waals surface area contributed by atoms with Crippen LogP contribution in [0.25, 0.3) is 22.2 Å². The SMILES string of the molecule is Cn1ncc2c1-c1ccccc1OC21CCN(C(=O)c2cc3cc(O)ccc3[nH]2)CC1.[HH].[HH]. The lowest BCUT2D eigenvalue weighted by Gasteiger charge is -2.44. The first-order valence-electron chi connectivity index (χ1n) is 10.5. The van der Waals surface area contributed by atoms with E-state index in [4.69, 9.17) is 4.74 Å². The van der Waals surface area contributed by atoms with E-state index in [0.29, 0.717) is 31.6 Å². The van der Waals surface area contributed by atoms with Crippen molar-refractivity contribution in [1.82, 2.24) is 19.7 Å². The van der Waals surface area contributed by atoms with Gasteiger partial charge in [-0.15, -0.1) is 0 Å². The van der Waals surface area contributed by atoms with Gasteiger partial charge in [0.15, 0.2) is 0 Å². The third-order valence-electron chi connectivity index (χ3n) is 6.57. The molecule has 0 bridgehead atoms. The van der Waals surface area contributed by atoms with Gasteiger partial charge in [-0.1, -0.05) is 12.1 Å². The van der Waals surface area contributed by atoms with Crippen LogP contribution < -0.4 is 4.74 Å². The number of aromatic nitrogens is 3. The molecule has 0 unspecified atom stereocenters. The average molecular weight is 418 g/mol. The molecule has 31 heavy (non-hydrogen) atoms. The maximum absolute atomic E-state index is 13.1. The van der Waals surface area contributed by atoms with Crippen molar-refractivity contribution in [3.8, 4) is 22.8 Å². The van der Waals surface area contributed by atoms with Crippen LogP contribution in [0.3, 0.4) is 0 Å². The molecule has 2 aliphatic rings. The second kappa shape index (κ2) is 6.38. The van der Waals surface area contributed by atoms with Crippen molar-refractivity contribution in [1.29, 1.82) is 0 Å². The smallest absolute Gasteiger partial charge is 0.270 e. The summed E-state index contributed by atoms with van der Waals surface area (Å²) in [6.45, 7) is 1.19. The Morgan fingerprint density at radius 1 is 1.19 bits per heavy atom. The van der Waals surface area contributed by atoms with Gasteiger partial charge in [-0.05, 0) is 36.4 Å². The Morgan fingerprint density at radius 2 is 2.00 bits per heavy atom. The molecule has 4 heterocycles. The summed E-state index contributed by atoms with van der Waals surface area (Å²) in [7, 11) is 1.96. The van der Waals surface area contributed by atoms with Gasteiger partial charge < -0.3 is 19.7 Å². The average Bonchev–Trinajstić information content (AvgIpc) is 3.38. The molecule has 4 aromatic rings. The van der Waals surface area contributed by atoms with Crippen LogP contribution >= 0.6 is 0 Å². The van der Waals surface area contributed by atoms with Crippen LogP contribution in [0.1, 0.15) is 31.7 Å². The molecule has 0 radical (unpaired) electrons. The molecule has 7 heteroatoms. The number of amides is 1. The van der Waals surface area contributed by atoms with Crippen molar-refractivity contribution in [2.75, 3.05) is 13.1 Å². The summed E-state index contributed by atoms with van der Waals surface area (Å²) < 4.78 is 8.48. The number of fused-ring (bicyclic) bond motifs is 5. The van der Waals surface area contributed by atoms with E-state index in [0.717, 1.165) is 33.5 Å². The molecule has 160 valence electrons. The van der Waals surface area contributed by atoms with Gasteiger partial charge in [0.1, 0.15) is 22.8 Å². The topological polar surface area (TPSA) is 83.4 Å². The number of hydrogen-bond donors (Lipinski definition) is 2. The van der Waals surface area contributed by atoms with E-state index in [-0.39, 0.29) is 14.5 Å². The van der Waals surface area contributed by atoms with E-state index < -0.39 is 5.60 Å². The zero-order valence-electron chi connectivity index (χ0n) is 17.1. The van der Waals surface area contributed by atoms with Crippen LogP contribution in [-0.2, 0) is 12.6 Å². The highest BCUT2D eigenvalue weighted by Gasteiger charge is 2.45. The predicted molar refractivity (Wildman–Crippen MR) is 120 cm³/mol.